The van der Waals surface area contributed by atoms with Crippen LogP contribution in [-0.4, -0.2) is 5.16 Å². The molecule has 1 aliphatic carbocycles. The molecule has 0 spiro atoms. The van der Waals surface area contributed by atoms with Crippen LogP contribution in [0.5, 0.6) is 0 Å². The molecular formula is C9H13NO. The Hall–Kier alpha value is -0.790. The van der Waals surface area contributed by atoms with Crippen LogP contribution < -0.4 is 0 Å². The maximum absolute atomic E-state index is 5.22. The monoisotopic (exact) mass is 151 g/mol. The first-order chi connectivity index (χ1) is 5.38. The Bertz CT molecular complexity index is 252. The number of hydrogen-bond donors (Lipinski definition) is 0. The minimum absolute atomic E-state index is 1.09. The number of rotatable bonds is 0. The second-order valence-electron chi connectivity index (χ2n) is 3.23. The van der Waals surface area contributed by atoms with Gasteiger partial charge in [-0.3, -0.25) is 0 Å². The van der Waals surface area contributed by atoms with Gasteiger partial charge >= 0.3 is 0 Å². The average molecular weight is 151 g/mol. The van der Waals surface area contributed by atoms with Gasteiger partial charge in [-0.05, 0) is 26.2 Å². The number of aryl methyl sites for hydroxylation is 2. The van der Waals surface area contributed by atoms with Crippen molar-refractivity contribution in [3.63, 3.8) is 0 Å². The van der Waals surface area contributed by atoms with E-state index in [0.29, 0.717) is 0 Å². The summed E-state index contributed by atoms with van der Waals surface area (Å²) in [7, 11) is 0. The van der Waals surface area contributed by atoms with Gasteiger partial charge in [-0.2, -0.15) is 0 Å². The van der Waals surface area contributed by atoms with Crippen LogP contribution in [0.2, 0.25) is 0 Å². The third kappa shape index (κ3) is 1.17. The van der Waals surface area contributed by atoms with E-state index in [1.165, 1.54) is 31.2 Å². The standard InChI is InChI=1S/C9H13NO/c1-7-8-5-3-2-4-6-9(8)11-10-7/h2-6H2,1H3. The summed E-state index contributed by atoms with van der Waals surface area (Å²) in [6, 6.07) is 0. The van der Waals surface area contributed by atoms with E-state index < -0.39 is 0 Å². The molecule has 0 amide bonds. The molecule has 0 fully saturated rings. The number of aromatic nitrogens is 1. The molecule has 0 unspecified atom stereocenters. The summed E-state index contributed by atoms with van der Waals surface area (Å²) in [6.45, 7) is 2.04. The van der Waals surface area contributed by atoms with E-state index in [4.69, 9.17) is 4.52 Å². The van der Waals surface area contributed by atoms with Crippen LogP contribution in [0.25, 0.3) is 0 Å². The molecule has 0 N–H and O–H groups in total. The normalized spacial score (nSPS) is 17.5. The smallest absolute Gasteiger partial charge is 0.140 e. The fraction of sp³-hybridized carbons (Fsp3) is 0.667. The molecule has 0 bridgehead atoms. The lowest BCUT2D eigenvalue weighted by Crippen LogP contribution is -1.86. The van der Waals surface area contributed by atoms with E-state index in [1.807, 2.05) is 6.92 Å². The highest BCUT2D eigenvalue weighted by Crippen LogP contribution is 2.22. The van der Waals surface area contributed by atoms with Gasteiger partial charge in [0.25, 0.3) is 0 Å². The van der Waals surface area contributed by atoms with Gasteiger partial charge in [0.1, 0.15) is 5.76 Å². The minimum Gasteiger partial charge on any atom is -0.361 e. The SMILES string of the molecule is Cc1noc2c1CCCCC2. The Kier molecular flexibility index (Phi) is 1.68. The third-order valence-corrected chi connectivity index (χ3v) is 2.40. The van der Waals surface area contributed by atoms with Gasteiger partial charge in [0.2, 0.25) is 0 Å². The molecule has 0 radical (unpaired) electrons. The molecule has 1 aromatic heterocycles. The molecule has 0 saturated heterocycles. The molecule has 2 rings (SSSR count). The van der Waals surface area contributed by atoms with Gasteiger partial charge in [0.05, 0.1) is 5.69 Å². The fourth-order valence-corrected chi connectivity index (χ4v) is 1.72. The zero-order valence-corrected chi connectivity index (χ0v) is 6.89. The summed E-state index contributed by atoms with van der Waals surface area (Å²) in [5.74, 6) is 1.14. The maximum Gasteiger partial charge on any atom is 0.140 e. The lowest BCUT2D eigenvalue weighted by molar-refractivity contribution is 0.377. The lowest BCUT2D eigenvalue weighted by atomic mass is 10.1. The fourth-order valence-electron chi connectivity index (χ4n) is 1.72. The van der Waals surface area contributed by atoms with Gasteiger partial charge in [-0.1, -0.05) is 11.6 Å². The highest BCUT2D eigenvalue weighted by atomic mass is 16.5. The van der Waals surface area contributed by atoms with Crippen molar-refractivity contribution in [3.05, 3.63) is 17.0 Å². The Morgan fingerprint density at radius 3 is 2.91 bits per heavy atom. The van der Waals surface area contributed by atoms with E-state index in [0.717, 1.165) is 17.9 Å². The predicted octanol–water partition coefficient (Wildman–Crippen LogP) is 2.25. The zero-order valence-electron chi connectivity index (χ0n) is 6.89. The van der Waals surface area contributed by atoms with Crippen molar-refractivity contribution in [2.75, 3.05) is 0 Å². The van der Waals surface area contributed by atoms with Gasteiger partial charge in [-0.25, -0.2) is 0 Å². The Morgan fingerprint density at radius 1 is 1.18 bits per heavy atom. The molecule has 1 aliphatic rings. The zero-order chi connectivity index (χ0) is 7.68. The van der Waals surface area contributed by atoms with Crippen LogP contribution in [-0.2, 0) is 12.8 Å². The maximum atomic E-state index is 5.22. The van der Waals surface area contributed by atoms with Crippen LogP contribution >= 0.6 is 0 Å². The molecule has 0 aromatic carbocycles. The summed E-state index contributed by atoms with van der Waals surface area (Å²) >= 11 is 0. The molecule has 1 aromatic rings. The molecular weight excluding hydrogens is 138 g/mol. The molecule has 2 heteroatoms. The highest BCUT2D eigenvalue weighted by molar-refractivity contribution is 5.22. The molecule has 11 heavy (non-hydrogen) atoms. The van der Waals surface area contributed by atoms with Crippen molar-refractivity contribution in [3.8, 4) is 0 Å². The van der Waals surface area contributed by atoms with Crippen LogP contribution in [0.1, 0.15) is 36.3 Å². The number of nitrogens with zero attached hydrogens (tertiary/aromatic N) is 1. The third-order valence-electron chi connectivity index (χ3n) is 2.40. The predicted molar refractivity (Wildman–Crippen MR) is 42.5 cm³/mol. The summed E-state index contributed by atoms with van der Waals surface area (Å²) < 4.78 is 5.22. The van der Waals surface area contributed by atoms with Crippen LogP contribution in [0.15, 0.2) is 4.52 Å². The van der Waals surface area contributed by atoms with Crippen molar-refractivity contribution in [2.24, 2.45) is 0 Å². The molecule has 0 aliphatic heterocycles. The number of hydrogen-bond acceptors (Lipinski definition) is 2. The highest BCUT2D eigenvalue weighted by Gasteiger charge is 2.14. The van der Waals surface area contributed by atoms with Crippen LogP contribution in [0.4, 0.5) is 0 Å². The molecule has 1 heterocycles. The van der Waals surface area contributed by atoms with E-state index in [9.17, 15) is 0 Å². The quantitative estimate of drug-likeness (QED) is 0.531. The summed E-state index contributed by atoms with van der Waals surface area (Å²) in [6.07, 6.45) is 6.17. The molecule has 0 atom stereocenters. The first-order valence-electron chi connectivity index (χ1n) is 4.32. The van der Waals surface area contributed by atoms with Crippen LogP contribution in [0.3, 0.4) is 0 Å². The van der Waals surface area contributed by atoms with E-state index in [2.05, 4.69) is 5.16 Å². The minimum atomic E-state index is 1.09. The topological polar surface area (TPSA) is 26.0 Å². The average Bonchev–Trinajstić information content (AvgIpc) is 2.25. The molecule has 2 nitrogen and oxygen atoms in total. The Balaban J connectivity index is 2.35. The molecule has 0 saturated carbocycles. The summed E-state index contributed by atoms with van der Waals surface area (Å²) in [5.41, 5.74) is 2.48. The van der Waals surface area contributed by atoms with Gasteiger partial charge in [-0.15, -0.1) is 0 Å². The number of fused-ring (bicyclic) bond motifs is 1. The second kappa shape index (κ2) is 2.68. The lowest BCUT2D eigenvalue weighted by Gasteiger charge is -1.92. The Labute approximate surface area is 66.6 Å². The van der Waals surface area contributed by atoms with E-state index in [-0.39, 0.29) is 0 Å². The van der Waals surface area contributed by atoms with Crippen molar-refractivity contribution in [2.45, 2.75) is 39.0 Å². The summed E-state index contributed by atoms with van der Waals surface area (Å²) in [4.78, 5) is 0. The first kappa shape index (κ1) is 6.89. The van der Waals surface area contributed by atoms with Gasteiger partial charge in [0.15, 0.2) is 0 Å². The van der Waals surface area contributed by atoms with E-state index in [1.54, 1.807) is 0 Å². The first-order valence-corrected chi connectivity index (χ1v) is 4.32. The van der Waals surface area contributed by atoms with Gasteiger partial charge in [0, 0.05) is 12.0 Å². The van der Waals surface area contributed by atoms with Crippen molar-refractivity contribution < 1.29 is 4.52 Å². The Morgan fingerprint density at radius 2 is 2.00 bits per heavy atom. The summed E-state index contributed by atoms with van der Waals surface area (Å²) in [5, 5.41) is 3.96. The second-order valence-corrected chi connectivity index (χ2v) is 3.23. The molecule has 60 valence electrons. The van der Waals surface area contributed by atoms with E-state index >= 15 is 0 Å². The van der Waals surface area contributed by atoms with Crippen molar-refractivity contribution in [1.82, 2.24) is 5.16 Å². The largest absolute Gasteiger partial charge is 0.361 e. The van der Waals surface area contributed by atoms with Gasteiger partial charge < -0.3 is 4.52 Å². The van der Waals surface area contributed by atoms with Crippen molar-refractivity contribution in [1.29, 1.82) is 0 Å². The van der Waals surface area contributed by atoms with Crippen LogP contribution in [0, 0.1) is 6.92 Å². The van der Waals surface area contributed by atoms with Crippen molar-refractivity contribution >= 4 is 0 Å².